The van der Waals surface area contributed by atoms with Crippen molar-refractivity contribution in [3.05, 3.63) is 155 Å². The van der Waals surface area contributed by atoms with E-state index in [0.717, 1.165) is 33.4 Å². The Morgan fingerprint density at radius 2 is 0.682 bits per heavy atom. The Kier molecular flexibility index (Phi) is 25.0. The van der Waals surface area contributed by atoms with Crippen LogP contribution in [0.25, 0.3) is 0 Å². The van der Waals surface area contributed by atoms with Gasteiger partial charge in [0.2, 0.25) is 0 Å². The minimum absolute atomic E-state index is 0.585. The Hall–Kier alpha value is -3.94. The molecule has 0 radical (unpaired) electrons. The van der Waals surface area contributed by atoms with Crippen molar-refractivity contribution < 1.29 is 70.0 Å². The molecule has 10 N–H and O–H groups in total. The lowest BCUT2D eigenvalue weighted by Gasteiger charge is -2.42. The van der Waals surface area contributed by atoms with Gasteiger partial charge in [-0.2, -0.15) is 0 Å². The predicted molar refractivity (Wildman–Crippen MR) is 256 cm³/mol. The van der Waals surface area contributed by atoms with E-state index in [1.165, 1.54) is 27.7 Å². The van der Waals surface area contributed by atoms with Crippen molar-refractivity contribution in [3.63, 3.8) is 0 Å². The molecule has 0 bridgehead atoms. The van der Waals surface area contributed by atoms with Gasteiger partial charge in [0, 0.05) is 0 Å². The molecule has 0 amide bonds. The minimum Gasteiger partial charge on any atom is -0.394 e. The molecule has 0 aromatic carbocycles. The molecule has 0 aromatic heterocycles. The monoisotopic (exact) mass is 925 g/mol. The summed E-state index contributed by atoms with van der Waals surface area (Å²) in [7, 11) is 0. The fourth-order valence-electron chi connectivity index (χ4n) is 6.18. The summed E-state index contributed by atoms with van der Waals surface area (Å²) in [6.07, 6.45) is 21.9. The van der Waals surface area contributed by atoms with Gasteiger partial charge < -0.3 is 70.0 Å². The molecule has 0 aliphatic carbocycles. The Morgan fingerprint density at radius 3 is 0.939 bits per heavy atom. The fraction of sp³-hybridized carbons (Fsp3) is 0.500. The molecule has 2 aliphatic rings. The van der Waals surface area contributed by atoms with Crippen LogP contribution in [0.5, 0.6) is 0 Å². The maximum Gasteiger partial charge on any atom is 0.187 e. The molecule has 0 saturated carbocycles. The molecule has 12 atom stereocenters. The van der Waals surface area contributed by atoms with Crippen LogP contribution in [-0.4, -0.2) is 149 Å². The van der Waals surface area contributed by atoms with Crippen molar-refractivity contribution in [2.45, 2.75) is 154 Å². The Morgan fingerprint density at radius 1 is 0.424 bits per heavy atom. The van der Waals surface area contributed by atoms with Crippen molar-refractivity contribution in [1.82, 2.24) is 0 Å². The normalized spacial score (nSPS) is 29.9. The number of allylic oxidation sites excluding steroid dienone is 24. The van der Waals surface area contributed by atoms with Gasteiger partial charge in [0.25, 0.3) is 0 Å². The van der Waals surface area contributed by atoms with Crippen molar-refractivity contribution >= 4 is 0 Å². The quantitative estimate of drug-likeness (QED) is 0.0675. The molecular formula is C52H76O14. The number of hydrogen-bond donors (Lipinski definition) is 10. The van der Waals surface area contributed by atoms with Gasteiger partial charge in [-0.05, 0) is 69.2 Å². The number of rotatable bonds is 22. The van der Waals surface area contributed by atoms with Crippen LogP contribution in [0.1, 0.15) is 69.2 Å². The first-order chi connectivity index (χ1) is 30.9. The Bertz CT molecular complexity index is 1770. The van der Waals surface area contributed by atoms with Gasteiger partial charge in [0.15, 0.2) is 12.6 Å². The highest BCUT2D eigenvalue weighted by atomic mass is 16.7. The Balaban J connectivity index is 1.90. The average molecular weight is 925 g/mol. The molecule has 66 heavy (non-hydrogen) atoms. The second-order valence-corrected chi connectivity index (χ2v) is 17.8. The number of hydrogen-bond acceptors (Lipinski definition) is 14. The van der Waals surface area contributed by atoms with Crippen LogP contribution in [0.3, 0.4) is 0 Å². The van der Waals surface area contributed by atoms with Gasteiger partial charge in [-0.15, -0.1) is 0 Å². The first-order valence-corrected chi connectivity index (χ1v) is 22.0. The van der Waals surface area contributed by atoms with Gasteiger partial charge in [-0.1, -0.05) is 155 Å². The summed E-state index contributed by atoms with van der Waals surface area (Å²) in [5.74, 6) is 0. The Labute approximate surface area is 391 Å². The van der Waals surface area contributed by atoms with Gasteiger partial charge in [-0.25, -0.2) is 0 Å². The topological polar surface area (TPSA) is 239 Å². The van der Waals surface area contributed by atoms with E-state index in [2.05, 4.69) is 0 Å². The van der Waals surface area contributed by atoms with Crippen molar-refractivity contribution in [2.75, 3.05) is 13.2 Å². The maximum atomic E-state index is 10.7. The predicted octanol–water partition coefficient (Wildman–Crippen LogP) is 4.47. The zero-order valence-corrected chi connectivity index (χ0v) is 40.0. The maximum absolute atomic E-state index is 10.7. The highest BCUT2D eigenvalue weighted by Crippen LogP contribution is 2.28. The van der Waals surface area contributed by atoms with Gasteiger partial charge in [0.05, 0.1) is 24.4 Å². The largest absolute Gasteiger partial charge is 0.394 e. The van der Waals surface area contributed by atoms with Crippen LogP contribution in [0, 0.1) is 0 Å². The lowest BCUT2D eigenvalue weighted by atomic mass is 9.97. The van der Waals surface area contributed by atoms with Gasteiger partial charge in [-0.3, -0.25) is 0 Å². The highest BCUT2D eigenvalue weighted by Gasteiger charge is 2.47. The van der Waals surface area contributed by atoms with Crippen LogP contribution < -0.4 is 0 Å². The number of aliphatic hydroxyl groups is 10. The average Bonchev–Trinajstić information content (AvgIpc) is 3.24. The zero-order chi connectivity index (χ0) is 49.8. The molecule has 2 unspecified atom stereocenters. The third kappa shape index (κ3) is 20.5. The van der Waals surface area contributed by atoms with Crippen LogP contribution >= 0.6 is 0 Å². The lowest BCUT2D eigenvalue weighted by molar-refractivity contribution is -0.316. The molecule has 2 fully saturated rings. The fourth-order valence-corrected chi connectivity index (χ4v) is 6.18. The molecule has 2 aliphatic heterocycles. The van der Waals surface area contributed by atoms with Crippen LogP contribution in [0.4, 0.5) is 0 Å². The van der Waals surface area contributed by atoms with E-state index in [1.807, 2.05) is 139 Å². The summed E-state index contributed by atoms with van der Waals surface area (Å²) in [6.45, 7) is 16.7. The molecule has 2 heterocycles. The first kappa shape index (κ1) is 58.2. The van der Waals surface area contributed by atoms with Gasteiger partial charge >= 0.3 is 0 Å². The summed E-state index contributed by atoms with van der Waals surface area (Å²) in [6, 6.07) is 0. The standard InChI is InChI=1S/C52H76O14/c1-33(19-13-21-35(3)23-15-25-37(5)27-29-41(51(7,8)61)65-49-47(59)45(57)43(55)39(31-53)63-49)17-11-12-18-34(2)20-14-22-36(4)24-16-26-38(6)28-30-42(52(9,10)62)66-50-48(60)46(58)44(56)40(32-54)64-50/h11-30,39-50,53-62H,31-32H2,1-10H3/b12-11+,19-13+,20-14+,23-15+,24-16+,29-27+,30-28+,33-17+,34-18+,35-21+,36-22+,37-25+,38-26+/t39-,40-,41-,42+,43-,44-,45+,46+,47-,48-,49?,50?/m1/s1. The van der Waals surface area contributed by atoms with Crippen molar-refractivity contribution in [1.29, 1.82) is 0 Å². The molecule has 14 nitrogen and oxygen atoms in total. The molecule has 2 rings (SSSR count). The van der Waals surface area contributed by atoms with Crippen molar-refractivity contribution in [3.8, 4) is 0 Å². The SMILES string of the molecule is CC(/C=C/C=C(C)/C=C/C=C(C)/C=C/[C@H](OC1O[C@H](CO)[C@@H](O)[C@H](O)[C@H]1O)C(C)(C)O)=C\C=C\C=C(C)\C=C\C=C(C)\C=C\C=C(C)\C=C\[C@@H](OC1O[C@H](CO)[C@@H](O)[C@H](O)[C@H]1O)C(C)(C)O. The third-order valence-corrected chi connectivity index (χ3v) is 10.4. The molecule has 14 heteroatoms. The summed E-state index contributed by atoms with van der Waals surface area (Å²) in [5, 5.41) is 101. The highest BCUT2D eigenvalue weighted by molar-refractivity contribution is 5.34. The second kappa shape index (κ2) is 28.4. The molecular weight excluding hydrogens is 849 g/mol. The number of ether oxygens (including phenoxy) is 4. The van der Waals surface area contributed by atoms with E-state index in [9.17, 15) is 51.1 Å². The van der Waals surface area contributed by atoms with E-state index in [1.54, 1.807) is 24.3 Å². The van der Waals surface area contributed by atoms with Crippen LogP contribution in [0.2, 0.25) is 0 Å². The summed E-state index contributed by atoms with van der Waals surface area (Å²) in [5.41, 5.74) is 3.12. The third-order valence-electron chi connectivity index (χ3n) is 10.4. The second-order valence-electron chi connectivity index (χ2n) is 17.8. The van der Waals surface area contributed by atoms with E-state index in [-0.39, 0.29) is 0 Å². The van der Waals surface area contributed by atoms with Crippen molar-refractivity contribution in [2.24, 2.45) is 0 Å². The summed E-state index contributed by atoms with van der Waals surface area (Å²) < 4.78 is 22.5. The van der Waals surface area contributed by atoms with E-state index in [4.69, 9.17) is 18.9 Å². The smallest absolute Gasteiger partial charge is 0.187 e. The van der Waals surface area contributed by atoms with Crippen LogP contribution in [0.15, 0.2) is 155 Å². The van der Waals surface area contributed by atoms with E-state index >= 15 is 0 Å². The zero-order valence-electron chi connectivity index (χ0n) is 40.0. The summed E-state index contributed by atoms with van der Waals surface area (Å²) >= 11 is 0. The minimum atomic E-state index is -1.59. The molecule has 2 saturated heterocycles. The lowest BCUT2D eigenvalue weighted by Crippen LogP contribution is -2.60. The molecule has 0 aromatic rings. The summed E-state index contributed by atoms with van der Waals surface area (Å²) in [4.78, 5) is 0. The first-order valence-electron chi connectivity index (χ1n) is 22.0. The molecule has 368 valence electrons. The molecule has 0 spiro atoms. The van der Waals surface area contributed by atoms with E-state index < -0.39 is 98.0 Å². The number of aliphatic hydroxyl groups excluding tert-OH is 8. The van der Waals surface area contributed by atoms with Gasteiger partial charge in [0.1, 0.15) is 61.0 Å². The van der Waals surface area contributed by atoms with E-state index in [0.29, 0.717) is 0 Å². The van der Waals surface area contributed by atoms with Crippen LogP contribution in [-0.2, 0) is 18.9 Å².